The summed E-state index contributed by atoms with van der Waals surface area (Å²) in [7, 11) is 0. The van der Waals surface area contributed by atoms with Crippen LogP contribution in [0.4, 0.5) is 0 Å². The first-order valence-corrected chi connectivity index (χ1v) is 18.3. The van der Waals surface area contributed by atoms with Crippen molar-refractivity contribution in [2.45, 2.75) is 0 Å². The maximum Gasteiger partial charge on any atom is 0.0991 e. The number of para-hydroxylation sites is 4. The summed E-state index contributed by atoms with van der Waals surface area (Å²) in [5, 5.41) is 26.7. The normalized spacial score (nSPS) is 11.6. The van der Waals surface area contributed by atoms with E-state index in [-0.39, 0.29) is 0 Å². The molecular formula is C50H29N5. The number of rotatable bonds is 4. The summed E-state index contributed by atoms with van der Waals surface area (Å²) in [6, 6.07) is 66.0. The van der Waals surface area contributed by atoms with Crippen LogP contribution >= 0.6 is 0 Å². The lowest BCUT2D eigenvalue weighted by Gasteiger charge is -2.16. The second-order valence-corrected chi connectivity index (χ2v) is 14.0. The molecule has 0 radical (unpaired) electrons. The highest BCUT2D eigenvalue weighted by Gasteiger charge is 2.20. The molecule has 8 aromatic carbocycles. The number of fused-ring (bicyclic) bond motifs is 9. The van der Waals surface area contributed by atoms with E-state index in [1.54, 1.807) is 0 Å². The van der Waals surface area contributed by atoms with Gasteiger partial charge in [0, 0.05) is 49.3 Å². The van der Waals surface area contributed by atoms with Gasteiger partial charge in [0.25, 0.3) is 0 Å². The Hall–Kier alpha value is -7.86. The molecule has 0 bridgehead atoms. The van der Waals surface area contributed by atoms with Gasteiger partial charge in [0.05, 0.1) is 62.1 Å². The third kappa shape index (κ3) is 4.51. The second kappa shape index (κ2) is 11.8. The van der Waals surface area contributed by atoms with Crippen LogP contribution in [-0.2, 0) is 0 Å². The van der Waals surface area contributed by atoms with Gasteiger partial charge in [-0.3, -0.25) is 0 Å². The summed E-state index contributed by atoms with van der Waals surface area (Å²) in [6.45, 7) is 0. The van der Waals surface area contributed by atoms with E-state index in [9.17, 15) is 10.5 Å². The third-order valence-corrected chi connectivity index (χ3v) is 11.1. The van der Waals surface area contributed by atoms with Gasteiger partial charge >= 0.3 is 0 Å². The van der Waals surface area contributed by atoms with Crippen molar-refractivity contribution in [1.29, 1.82) is 10.5 Å². The minimum Gasteiger partial charge on any atom is -0.309 e. The van der Waals surface area contributed by atoms with Crippen molar-refractivity contribution in [1.82, 2.24) is 13.7 Å². The molecule has 0 atom stereocenters. The Balaban J connectivity index is 1.14. The van der Waals surface area contributed by atoms with Crippen LogP contribution in [0.2, 0.25) is 0 Å². The SMILES string of the molecule is N#Cc1ccc(-n2c3ccccc3c3cc(-n4c5ccccc5c5ccccc54)ccc32)c(-c2cccc(-n3c4ccccc4c4cc(C#N)ccc43)c2)c1. The second-order valence-electron chi connectivity index (χ2n) is 14.0. The minimum absolute atomic E-state index is 0.597. The van der Waals surface area contributed by atoms with Crippen molar-refractivity contribution < 1.29 is 0 Å². The zero-order valence-corrected chi connectivity index (χ0v) is 29.5. The smallest absolute Gasteiger partial charge is 0.0991 e. The van der Waals surface area contributed by atoms with Gasteiger partial charge in [-0.05, 0) is 96.6 Å². The predicted octanol–water partition coefficient (Wildman–Crippen LogP) is 12.4. The summed E-state index contributed by atoms with van der Waals surface area (Å²) < 4.78 is 6.97. The summed E-state index contributed by atoms with van der Waals surface area (Å²) in [5.41, 5.74) is 12.9. The molecule has 3 aromatic heterocycles. The van der Waals surface area contributed by atoms with Gasteiger partial charge in [-0.25, -0.2) is 0 Å². The van der Waals surface area contributed by atoms with Crippen molar-refractivity contribution in [3.05, 3.63) is 187 Å². The van der Waals surface area contributed by atoms with Crippen molar-refractivity contribution in [3.8, 4) is 40.3 Å². The average Bonchev–Trinajstić information content (AvgIpc) is 3.88. The molecule has 254 valence electrons. The Kier molecular flexibility index (Phi) is 6.61. The fourth-order valence-corrected chi connectivity index (χ4v) is 8.73. The first-order chi connectivity index (χ1) is 27.2. The molecule has 11 rings (SSSR count). The van der Waals surface area contributed by atoms with Crippen LogP contribution in [-0.4, -0.2) is 13.7 Å². The van der Waals surface area contributed by atoms with E-state index in [4.69, 9.17) is 0 Å². The van der Waals surface area contributed by atoms with Gasteiger partial charge in [-0.15, -0.1) is 0 Å². The Morgan fingerprint density at radius 2 is 0.782 bits per heavy atom. The van der Waals surface area contributed by atoms with Gasteiger partial charge in [-0.2, -0.15) is 10.5 Å². The molecule has 0 N–H and O–H groups in total. The number of nitriles is 2. The van der Waals surface area contributed by atoms with E-state index in [0.29, 0.717) is 11.1 Å². The molecule has 11 aromatic rings. The van der Waals surface area contributed by atoms with Gasteiger partial charge in [0.15, 0.2) is 0 Å². The zero-order chi connectivity index (χ0) is 36.6. The van der Waals surface area contributed by atoms with Gasteiger partial charge < -0.3 is 13.7 Å². The molecule has 5 nitrogen and oxygen atoms in total. The highest BCUT2D eigenvalue weighted by atomic mass is 15.0. The van der Waals surface area contributed by atoms with Crippen LogP contribution in [0, 0.1) is 22.7 Å². The number of hydrogen-bond donors (Lipinski definition) is 0. The van der Waals surface area contributed by atoms with Crippen LogP contribution in [0.5, 0.6) is 0 Å². The lowest BCUT2D eigenvalue weighted by Crippen LogP contribution is -2.00. The van der Waals surface area contributed by atoms with Crippen LogP contribution in [0.1, 0.15) is 11.1 Å². The van der Waals surface area contributed by atoms with Gasteiger partial charge in [0.2, 0.25) is 0 Å². The molecular weight excluding hydrogens is 671 g/mol. The lowest BCUT2D eigenvalue weighted by atomic mass is 10.00. The van der Waals surface area contributed by atoms with Crippen molar-refractivity contribution in [2.75, 3.05) is 0 Å². The molecule has 0 aliphatic rings. The fourth-order valence-electron chi connectivity index (χ4n) is 8.73. The van der Waals surface area contributed by atoms with Crippen molar-refractivity contribution in [2.24, 2.45) is 0 Å². The summed E-state index contributed by atoms with van der Waals surface area (Å²) in [6.07, 6.45) is 0. The quantitative estimate of drug-likeness (QED) is 0.184. The third-order valence-electron chi connectivity index (χ3n) is 11.1. The zero-order valence-electron chi connectivity index (χ0n) is 29.5. The topological polar surface area (TPSA) is 62.4 Å². The highest BCUT2D eigenvalue weighted by Crippen LogP contribution is 2.40. The van der Waals surface area contributed by atoms with E-state index in [1.807, 2.05) is 36.4 Å². The van der Waals surface area contributed by atoms with Crippen molar-refractivity contribution >= 4 is 65.4 Å². The van der Waals surface area contributed by atoms with E-state index in [1.165, 1.54) is 21.8 Å². The standard InChI is InChI=1S/C50H29N5/c51-30-32-20-23-48(41(26-32)34-10-9-11-35(28-34)53-46-18-7-3-14-39(46)42-27-33(31-52)21-24-49(42)53)55-47-19-8-4-15-40(47)43-29-36(22-25-50(43)55)54-44-16-5-1-12-37(44)38-13-2-6-17-45(38)54/h1-29H. The molecule has 0 saturated carbocycles. The van der Waals surface area contributed by atoms with E-state index >= 15 is 0 Å². The molecule has 0 amide bonds. The lowest BCUT2D eigenvalue weighted by molar-refractivity contribution is 1.16. The van der Waals surface area contributed by atoms with Crippen LogP contribution in [0.25, 0.3) is 93.6 Å². The Morgan fingerprint density at radius 3 is 1.40 bits per heavy atom. The number of benzene rings is 8. The maximum absolute atomic E-state index is 10.1. The summed E-state index contributed by atoms with van der Waals surface area (Å²) in [5.74, 6) is 0. The summed E-state index contributed by atoms with van der Waals surface area (Å²) >= 11 is 0. The first-order valence-electron chi connectivity index (χ1n) is 18.3. The fraction of sp³-hybridized carbons (Fsp3) is 0. The van der Waals surface area contributed by atoms with Gasteiger partial charge in [0.1, 0.15) is 0 Å². The van der Waals surface area contributed by atoms with Crippen LogP contribution in [0.15, 0.2) is 176 Å². The molecule has 55 heavy (non-hydrogen) atoms. The molecule has 0 aliphatic heterocycles. The monoisotopic (exact) mass is 699 g/mol. The molecule has 0 aliphatic carbocycles. The molecule has 0 unspecified atom stereocenters. The molecule has 0 spiro atoms. The predicted molar refractivity (Wildman–Crippen MR) is 224 cm³/mol. The van der Waals surface area contributed by atoms with E-state index in [0.717, 1.165) is 71.8 Å². The van der Waals surface area contributed by atoms with E-state index < -0.39 is 0 Å². The molecule has 0 fully saturated rings. The highest BCUT2D eigenvalue weighted by molar-refractivity contribution is 6.13. The molecule has 5 heteroatoms. The number of hydrogen-bond acceptors (Lipinski definition) is 2. The van der Waals surface area contributed by atoms with Crippen LogP contribution < -0.4 is 0 Å². The molecule has 0 saturated heterocycles. The Morgan fingerprint density at radius 1 is 0.327 bits per heavy atom. The van der Waals surface area contributed by atoms with Gasteiger partial charge in [-0.1, -0.05) is 84.9 Å². The summed E-state index contributed by atoms with van der Waals surface area (Å²) in [4.78, 5) is 0. The molecule has 3 heterocycles. The largest absolute Gasteiger partial charge is 0.309 e. The minimum atomic E-state index is 0.597. The first kappa shape index (κ1) is 30.7. The maximum atomic E-state index is 10.1. The number of nitrogens with zero attached hydrogens (tertiary/aromatic N) is 5. The average molecular weight is 700 g/mol. The Bertz CT molecular complexity index is 3420. The number of aromatic nitrogens is 3. The van der Waals surface area contributed by atoms with E-state index in [2.05, 4.69) is 165 Å². The Labute approximate surface area is 316 Å². The van der Waals surface area contributed by atoms with Crippen molar-refractivity contribution in [3.63, 3.8) is 0 Å². The van der Waals surface area contributed by atoms with Crippen LogP contribution in [0.3, 0.4) is 0 Å².